The van der Waals surface area contributed by atoms with E-state index in [1.807, 2.05) is 42.5 Å². The van der Waals surface area contributed by atoms with Crippen LogP contribution >= 0.6 is 0 Å². The predicted molar refractivity (Wildman–Crippen MR) is 95.8 cm³/mol. The van der Waals surface area contributed by atoms with E-state index in [-0.39, 0.29) is 17.3 Å². The Morgan fingerprint density at radius 3 is 2.69 bits per heavy atom. The number of H-pyrrole nitrogens is 1. The van der Waals surface area contributed by atoms with E-state index in [2.05, 4.69) is 10.1 Å². The van der Waals surface area contributed by atoms with Crippen LogP contribution in [-0.2, 0) is 6.42 Å². The van der Waals surface area contributed by atoms with Gasteiger partial charge < -0.3 is 4.42 Å². The number of hydrogen-bond donors (Lipinski definition) is 1. The first kappa shape index (κ1) is 14.9. The number of carbonyl (C=O) groups excluding carboxylic acids is 1. The molecule has 128 valence electrons. The lowest BCUT2D eigenvalue weighted by Crippen LogP contribution is -2.21. The van der Waals surface area contributed by atoms with Crippen LogP contribution in [0.4, 0.5) is 0 Å². The van der Waals surface area contributed by atoms with Crippen LogP contribution in [0, 0.1) is 0 Å². The molecule has 26 heavy (non-hydrogen) atoms. The Hall–Kier alpha value is -3.41. The Morgan fingerprint density at radius 1 is 1.08 bits per heavy atom. The second-order valence-corrected chi connectivity index (χ2v) is 6.51. The quantitative estimate of drug-likeness (QED) is 0.605. The van der Waals surface area contributed by atoms with Gasteiger partial charge in [0.2, 0.25) is 0 Å². The van der Waals surface area contributed by atoms with Crippen molar-refractivity contribution in [3.63, 3.8) is 0 Å². The minimum atomic E-state index is -0.191. The average molecular weight is 345 g/mol. The lowest BCUT2D eigenvalue weighted by Gasteiger charge is -2.21. The van der Waals surface area contributed by atoms with Gasteiger partial charge in [-0.1, -0.05) is 18.2 Å². The van der Waals surface area contributed by atoms with Crippen molar-refractivity contribution in [2.75, 3.05) is 0 Å². The van der Waals surface area contributed by atoms with Gasteiger partial charge in [0, 0.05) is 24.1 Å². The normalized spacial score (nSPS) is 16.8. The molecule has 6 heteroatoms. The largest absolute Gasteiger partial charge is 0.469 e. The van der Waals surface area contributed by atoms with Gasteiger partial charge in [0.05, 0.1) is 17.3 Å². The molecule has 0 saturated carbocycles. The fourth-order valence-corrected chi connectivity index (χ4v) is 3.72. The Morgan fingerprint density at radius 2 is 1.92 bits per heavy atom. The van der Waals surface area contributed by atoms with E-state index in [9.17, 15) is 9.59 Å². The topological polar surface area (TPSA) is 80.9 Å². The number of aromatic nitrogens is 3. The molecular weight excluding hydrogens is 330 g/mol. The number of nitrogens with zero attached hydrogens (tertiary/aromatic N) is 2. The first-order chi connectivity index (χ1) is 12.7. The summed E-state index contributed by atoms with van der Waals surface area (Å²) in [6.45, 7) is 0. The summed E-state index contributed by atoms with van der Waals surface area (Å²) in [5.41, 5.74) is 2.32. The Labute approximate surface area is 148 Å². The van der Waals surface area contributed by atoms with Crippen LogP contribution < -0.4 is 5.56 Å². The number of fused-ring (bicyclic) bond motifs is 3. The Kier molecular flexibility index (Phi) is 3.18. The van der Waals surface area contributed by atoms with Crippen LogP contribution in [0.25, 0.3) is 16.7 Å². The minimum Gasteiger partial charge on any atom is -0.469 e. The highest BCUT2D eigenvalue weighted by Gasteiger charge is 2.31. The van der Waals surface area contributed by atoms with Crippen molar-refractivity contribution in [1.29, 1.82) is 0 Å². The number of rotatable bonds is 2. The van der Waals surface area contributed by atoms with E-state index in [0.717, 1.165) is 17.0 Å². The van der Waals surface area contributed by atoms with Gasteiger partial charge in [-0.3, -0.25) is 14.7 Å². The van der Waals surface area contributed by atoms with Crippen molar-refractivity contribution < 1.29 is 9.21 Å². The van der Waals surface area contributed by atoms with Crippen molar-refractivity contribution in [1.82, 2.24) is 14.8 Å². The summed E-state index contributed by atoms with van der Waals surface area (Å²) >= 11 is 0. The summed E-state index contributed by atoms with van der Waals surface area (Å²) < 4.78 is 6.97. The van der Waals surface area contributed by atoms with E-state index in [0.29, 0.717) is 29.4 Å². The number of Topliss-reactive ketones (excluding diaryl/α,β-unsaturated/α-hetero) is 1. The number of carbonyl (C=O) groups is 1. The molecule has 0 bridgehead atoms. The summed E-state index contributed by atoms with van der Waals surface area (Å²) in [4.78, 5) is 30.0. The molecule has 1 aliphatic rings. The molecule has 1 N–H and O–H groups in total. The van der Waals surface area contributed by atoms with E-state index in [1.165, 1.54) is 4.68 Å². The summed E-state index contributed by atoms with van der Waals surface area (Å²) in [7, 11) is 0. The molecule has 1 atom stereocenters. The number of pyridine rings is 1. The maximum Gasteiger partial charge on any atom is 0.281 e. The Bertz CT molecular complexity index is 1170. The molecule has 1 aliphatic carbocycles. The van der Waals surface area contributed by atoms with Crippen molar-refractivity contribution in [3.8, 4) is 5.69 Å². The predicted octanol–water partition coefficient (Wildman–Crippen LogP) is 3.22. The molecule has 0 amide bonds. The molecule has 5 rings (SSSR count). The number of para-hydroxylation sites is 1. The van der Waals surface area contributed by atoms with E-state index < -0.39 is 0 Å². The summed E-state index contributed by atoms with van der Waals surface area (Å²) in [6, 6.07) is 13.0. The number of furan rings is 1. The summed E-state index contributed by atoms with van der Waals surface area (Å²) in [5.74, 6) is 0.705. The first-order valence-electron chi connectivity index (χ1n) is 8.47. The maximum absolute atomic E-state index is 13.1. The molecular formula is C20H15N3O3. The van der Waals surface area contributed by atoms with Crippen LogP contribution in [0.1, 0.15) is 34.0 Å². The molecule has 4 aromatic rings. The number of aromatic amines is 1. The highest BCUT2D eigenvalue weighted by atomic mass is 16.3. The van der Waals surface area contributed by atoms with Crippen LogP contribution in [0.15, 0.2) is 64.1 Å². The van der Waals surface area contributed by atoms with Crippen LogP contribution in [0.5, 0.6) is 0 Å². The van der Waals surface area contributed by atoms with Crippen molar-refractivity contribution >= 4 is 16.8 Å². The molecule has 1 aromatic carbocycles. The smallest absolute Gasteiger partial charge is 0.281 e. The lowest BCUT2D eigenvalue weighted by atomic mass is 9.81. The molecule has 6 nitrogen and oxygen atoms in total. The lowest BCUT2D eigenvalue weighted by molar-refractivity contribution is 0.0960. The number of ketones is 1. The third kappa shape index (κ3) is 2.15. The highest BCUT2D eigenvalue weighted by molar-refractivity contribution is 6.02. The van der Waals surface area contributed by atoms with Gasteiger partial charge in [-0.05, 0) is 36.2 Å². The van der Waals surface area contributed by atoms with Gasteiger partial charge >= 0.3 is 0 Å². The number of hydrogen-bond acceptors (Lipinski definition) is 4. The molecule has 3 aromatic heterocycles. The zero-order valence-corrected chi connectivity index (χ0v) is 13.8. The first-order valence-corrected chi connectivity index (χ1v) is 8.47. The van der Waals surface area contributed by atoms with Crippen molar-refractivity contribution in [2.24, 2.45) is 0 Å². The molecule has 0 saturated heterocycles. The van der Waals surface area contributed by atoms with Crippen LogP contribution in [0.2, 0.25) is 0 Å². The zero-order valence-electron chi connectivity index (χ0n) is 13.8. The van der Waals surface area contributed by atoms with Gasteiger partial charge in [-0.25, -0.2) is 9.67 Å². The summed E-state index contributed by atoms with van der Waals surface area (Å²) in [6.07, 6.45) is 4.13. The number of benzene rings is 1. The van der Waals surface area contributed by atoms with Crippen molar-refractivity contribution in [3.05, 3.63) is 82.2 Å². The molecule has 0 spiro atoms. The average Bonchev–Trinajstić information content (AvgIpc) is 3.31. The minimum absolute atomic E-state index is 0.00564. The zero-order chi connectivity index (χ0) is 17.7. The van der Waals surface area contributed by atoms with Gasteiger partial charge in [-0.15, -0.1) is 0 Å². The van der Waals surface area contributed by atoms with Crippen LogP contribution in [0.3, 0.4) is 0 Å². The van der Waals surface area contributed by atoms with Gasteiger partial charge in [0.15, 0.2) is 11.4 Å². The van der Waals surface area contributed by atoms with Crippen molar-refractivity contribution in [2.45, 2.75) is 18.8 Å². The third-order valence-electron chi connectivity index (χ3n) is 4.96. The fraction of sp³-hybridized carbons (Fsp3) is 0.150. The molecule has 0 radical (unpaired) electrons. The third-order valence-corrected chi connectivity index (χ3v) is 4.96. The molecule has 0 aliphatic heterocycles. The Balaban J connectivity index is 1.72. The van der Waals surface area contributed by atoms with Gasteiger partial charge in [0.25, 0.3) is 5.56 Å². The molecule has 3 heterocycles. The van der Waals surface area contributed by atoms with E-state index in [1.54, 1.807) is 12.5 Å². The number of nitrogens with one attached hydrogen (secondary N) is 1. The van der Waals surface area contributed by atoms with Gasteiger partial charge in [0.1, 0.15) is 5.76 Å². The van der Waals surface area contributed by atoms with E-state index in [4.69, 9.17) is 4.42 Å². The monoisotopic (exact) mass is 345 g/mol. The molecule has 0 unspecified atom stereocenters. The second-order valence-electron chi connectivity index (χ2n) is 6.51. The SMILES string of the molecule is O=C1C[C@@H](c2ccco2)Cc2c1cnc1[nH]n(-c3ccccc3)c(=O)c21. The second kappa shape index (κ2) is 5.56. The fourth-order valence-electron chi connectivity index (χ4n) is 3.72. The maximum atomic E-state index is 13.1. The standard InChI is InChI=1S/C20H15N3O3/c24-16-10-12(17-7-4-8-26-17)9-14-15(16)11-21-19-18(14)20(25)23(22-19)13-5-2-1-3-6-13/h1-8,11-12H,9-10H2,(H,21,22)/t12-/m0/s1. The highest BCUT2D eigenvalue weighted by Crippen LogP contribution is 2.34. The summed E-state index contributed by atoms with van der Waals surface area (Å²) in [5, 5.41) is 3.54. The van der Waals surface area contributed by atoms with Gasteiger partial charge in [-0.2, -0.15) is 0 Å². The molecule has 0 fully saturated rings. The van der Waals surface area contributed by atoms with Crippen LogP contribution in [-0.4, -0.2) is 20.5 Å². The van der Waals surface area contributed by atoms with E-state index >= 15 is 0 Å².